The minimum atomic E-state index is 0.132. The number of aromatic amines is 1. The van der Waals surface area contributed by atoms with Crippen LogP contribution in [-0.2, 0) is 0 Å². The highest BCUT2D eigenvalue weighted by molar-refractivity contribution is 7.80. The maximum absolute atomic E-state index is 5.66. The Bertz CT molecular complexity index is 551. The molecule has 96 valence electrons. The fourth-order valence-electron chi connectivity index (χ4n) is 1.78. The third-order valence-corrected chi connectivity index (χ3v) is 3.27. The van der Waals surface area contributed by atoms with Gasteiger partial charge in [-0.25, -0.2) is 15.0 Å². The molecule has 0 saturated carbocycles. The van der Waals surface area contributed by atoms with E-state index < -0.39 is 0 Å². The van der Waals surface area contributed by atoms with Gasteiger partial charge in [-0.3, -0.25) is 0 Å². The van der Waals surface area contributed by atoms with Gasteiger partial charge in [-0.1, -0.05) is 19.1 Å². The van der Waals surface area contributed by atoms with Crippen LogP contribution in [0.1, 0.15) is 13.8 Å². The smallest absolute Gasteiger partial charge is 0.182 e. The first-order chi connectivity index (χ1) is 8.63. The number of thiocarbonyl (C=S) groups is 1. The summed E-state index contributed by atoms with van der Waals surface area (Å²) in [7, 11) is 0. The molecule has 0 fully saturated rings. The number of imidazole rings is 1. The molecule has 0 spiro atoms. The zero-order chi connectivity index (χ0) is 13.1. The Labute approximate surface area is 111 Å². The Hall–Kier alpha value is -1.76. The van der Waals surface area contributed by atoms with Gasteiger partial charge in [0.2, 0.25) is 0 Å². The zero-order valence-electron chi connectivity index (χ0n) is 10.4. The second-order valence-electron chi connectivity index (χ2n) is 4.14. The van der Waals surface area contributed by atoms with Crippen molar-refractivity contribution in [1.29, 1.82) is 0 Å². The van der Waals surface area contributed by atoms with Gasteiger partial charge in [-0.05, 0) is 6.92 Å². The van der Waals surface area contributed by atoms with Crippen LogP contribution in [0.3, 0.4) is 0 Å². The van der Waals surface area contributed by atoms with Gasteiger partial charge >= 0.3 is 0 Å². The summed E-state index contributed by atoms with van der Waals surface area (Å²) < 4.78 is 0. The molecule has 0 radical (unpaired) electrons. The lowest BCUT2D eigenvalue weighted by Gasteiger charge is -2.25. The fraction of sp³-hybridized carbons (Fsp3) is 0.455. The van der Waals surface area contributed by atoms with E-state index in [9.17, 15) is 0 Å². The van der Waals surface area contributed by atoms with Crippen molar-refractivity contribution in [2.75, 3.05) is 18.0 Å². The van der Waals surface area contributed by atoms with Gasteiger partial charge in [0.15, 0.2) is 11.5 Å². The Balaban J connectivity index is 2.32. The number of fused-ring (bicyclic) bond motifs is 1. The van der Waals surface area contributed by atoms with Crippen LogP contribution in [-0.4, -0.2) is 38.0 Å². The molecule has 0 aliphatic heterocycles. The minimum Gasteiger partial charge on any atom is -0.393 e. The Morgan fingerprint density at radius 2 is 2.28 bits per heavy atom. The minimum absolute atomic E-state index is 0.132. The Morgan fingerprint density at radius 1 is 1.50 bits per heavy atom. The standard InChI is InChI=1S/C11H16N6S/c1-3-17(4-7(2)9(12)18)11-8-10(14-5-13-8)15-6-16-11/h5-7H,3-4H2,1-2H3,(H2,12,18)(H,13,14,15,16). The largest absolute Gasteiger partial charge is 0.393 e. The molecule has 1 atom stereocenters. The van der Waals surface area contributed by atoms with Crippen molar-refractivity contribution in [3.05, 3.63) is 12.7 Å². The van der Waals surface area contributed by atoms with E-state index in [1.165, 1.54) is 6.33 Å². The van der Waals surface area contributed by atoms with Crippen molar-refractivity contribution < 1.29 is 0 Å². The Kier molecular flexibility index (Phi) is 3.71. The fourth-order valence-corrected chi connectivity index (χ4v) is 1.85. The monoisotopic (exact) mass is 264 g/mol. The molecular formula is C11H16N6S. The molecule has 18 heavy (non-hydrogen) atoms. The molecule has 0 amide bonds. The van der Waals surface area contributed by atoms with Crippen LogP contribution in [0.4, 0.5) is 5.82 Å². The summed E-state index contributed by atoms with van der Waals surface area (Å²) in [6.45, 7) is 5.63. The number of hydrogen-bond acceptors (Lipinski definition) is 5. The topological polar surface area (TPSA) is 83.7 Å². The molecule has 2 aromatic heterocycles. The Morgan fingerprint density at radius 3 is 2.94 bits per heavy atom. The normalized spacial score (nSPS) is 12.6. The molecule has 0 bridgehead atoms. The van der Waals surface area contributed by atoms with Crippen LogP contribution in [0.2, 0.25) is 0 Å². The lowest BCUT2D eigenvalue weighted by atomic mass is 10.1. The van der Waals surface area contributed by atoms with E-state index in [4.69, 9.17) is 18.0 Å². The van der Waals surface area contributed by atoms with Crippen molar-refractivity contribution in [2.24, 2.45) is 11.7 Å². The van der Waals surface area contributed by atoms with E-state index in [1.54, 1.807) is 6.33 Å². The van der Waals surface area contributed by atoms with Crippen LogP contribution >= 0.6 is 12.2 Å². The average Bonchev–Trinajstić information content (AvgIpc) is 2.83. The van der Waals surface area contributed by atoms with Crippen LogP contribution in [0.5, 0.6) is 0 Å². The third kappa shape index (κ3) is 2.40. The van der Waals surface area contributed by atoms with Gasteiger partial charge in [0.25, 0.3) is 0 Å². The summed E-state index contributed by atoms with van der Waals surface area (Å²) in [5, 5.41) is 0. The maximum atomic E-state index is 5.66. The zero-order valence-corrected chi connectivity index (χ0v) is 11.2. The molecule has 3 N–H and O–H groups in total. The van der Waals surface area contributed by atoms with Gasteiger partial charge in [0.1, 0.15) is 11.8 Å². The molecule has 2 aromatic rings. The lowest BCUT2D eigenvalue weighted by Crippen LogP contribution is -2.34. The second kappa shape index (κ2) is 5.26. The number of nitrogens with two attached hydrogens (primary N) is 1. The van der Waals surface area contributed by atoms with E-state index in [-0.39, 0.29) is 5.92 Å². The molecular weight excluding hydrogens is 248 g/mol. The molecule has 0 saturated heterocycles. The number of nitrogens with zero attached hydrogens (tertiary/aromatic N) is 4. The van der Waals surface area contributed by atoms with E-state index in [0.29, 0.717) is 10.6 Å². The van der Waals surface area contributed by atoms with Crippen LogP contribution in [0, 0.1) is 5.92 Å². The maximum Gasteiger partial charge on any atom is 0.182 e. The van der Waals surface area contributed by atoms with Crippen molar-refractivity contribution in [2.45, 2.75) is 13.8 Å². The van der Waals surface area contributed by atoms with Crippen molar-refractivity contribution in [3.8, 4) is 0 Å². The molecule has 7 heteroatoms. The molecule has 6 nitrogen and oxygen atoms in total. The van der Waals surface area contributed by atoms with Gasteiger partial charge in [0.05, 0.1) is 11.3 Å². The summed E-state index contributed by atoms with van der Waals surface area (Å²) in [6.07, 6.45) is 3.14. The van der Waals surface area contributed by atoms with Gasteiger partial charge in [0, 0.05) is 19.0 Å². The van der Waals surface area contributed by atoms with Crippen molar-refractivity contribution in [1.82, 2.24) is 19.9 Å². The second-order valence-corrected chi connectivity index (χ2v) is 4.61. The predicted molar refractivity (Wildman–Crippen MR) is 75.5 cm³/mol. The first-order valence-corrected chi connectivity index (χ1v) is 6.22. The highest BCUT2D eigenvalue weighted by Crippen LogP contribution is 2.20. The van der Waals surface area contributed by atoms with Crippen LogP contribution < -0.4 is 10.6 Å². The molecule has 0 aliphatic carbocycles. The van der Waals surface area contributed by atoms with E-state index >= 15 is 0 Å². The first kappa shape index (κ1) is 12.7. The summed E-state index contributed by atoms with van der Waals surface area (Å²) in [5.41, 5.74) is 7.17. The average molecular weight is 264 g/mol. The third-order valence-electron chi connectivity index (χ3n) is 2.86. The summed E-state index contributed by atoms with van der Waals surface area (Å²) in [5.74, 6) is 0.969. The van der Waals surface area contributed by atoms with Crippen LogP contribution in [0.15, 0.2) is 12.7 Å². The van der Waals surface area contributed by atoms with E-state index in [2.05, 4.69) is 31.8 Å². The van der Waals surface area contributed by atoms with E-state index in [0.717, 1.165) is 24.4 Å². The number of nitrogens with one attached hydrogen (secondary N) is 1. The summed E-state index contributed by atoms with van der Waals surface area (Å²) >= 11 is 5.01. The quantitative estimate of drug-likeness (QED) is 0.787. The first-order valence-electron chi connectivity index (χ1n) is 5.81. The number of hydrogen-bond donors (Lipinski definition) is 2. The van der Waals surface area contributed by atoms with Crippen molar-refractivity contribution >= 4 is 34.2 Å². The predicted octanol–water partition coefficient (Wildman–Crippen LogP) is 1.10. The number of anilines is 1. The highest BCUT2D eigenvalue weighted by atomic mass is 32.1. The van der Waals surface area contributed by atoms with Gasteiger partial charge in [-0.15, -0.1) is 0 Å². The van der Waals surface area contributed by atoms with E-state index in [1.807, 2.05) is 6.92 Å². The molecule has 1 unspecified atom stereocenters. The van der Waals surface area contributed by atoms with Crippen molar-refractivity contribution in [3.63, 3.8) is 0 Å². The summed E-state index contributed by atoms with van der Waals surface area (Å²) in [4.78, 5) is 18.2. The van der Waals surface area contributed by atoms with Gasteiger partial charge in [-0.2, -0.15) is 0 Å². The van der Waals surface area contributed by atoms with Gasteiger partial charge < -0.3 is 15.6 Å². The van der Waals surface area contributed by atoms with Crippen LogP contribution in [0.25, 0.3) is 11.2 Å². The lowest BCUT2D eigenvalue weighted by molar-refractivity contribution is 0.701. The summed E-state index contributed by atoms with van der Waals surface area (Å²) in [6, 6.07) is 0. The number of H-pyrrole nitrogens is 1. The molecule has 2 heterocycles. The SMILES string of the molecule is CCN(CC(C)C(N)=S)c1ncnc2nc[nH]c12. The highest BCUT2D eigenvalue weighted by Gasteiger charge is 2.16. The number of aromatic nitrogens is 4. The number of rotatable bonds is 5. The molecule has 2 rings (SSSR count). The molecule has 0 aromatic carbocycles. The molecule has 0 aliphatic rings.